The summed E-state index contributed by atoms with van der Waals surface area (Å²) in [5.41, 5.74) is 6.45. The third kappa shape index (κ3) is 5.60. The number of pyridine rings is 2. The molecular weight excluding hydrogens is 366 g/mol. The lowest BCUT2D eigenvalue weighted by Crippen LogP contribution is -2.25. The van der Waals surface area contributed by atoms with Crippen LogP contribution in [0.25, 0.3) is 0 Å². The average molecular weight is 387 g/mol. The summed E-state index contributed by atoms with van der Waals surface area (Å²) in [7, 11) is 1.57. The van der Waals surface area contributed by atoms with E-state index in [0.717, 1.165) is 26.1 Å². The molecule has 3 N–H and O–H groups in total. The van der Waals surface area contributed by atoms with Gasteiger partial charge in [0.15, 0.2) is 10.9 Å². The highest BCUT2D eigenvalue weighted by Gasteiger charge is 2.15. The standard InChI is InChI=1S/C18H21N5O3S/c1-24-13-2-4-15(20-10-13)17(19)23-18(27)22-16-5-3-14(11-21-16)26-12-6-8-25-9-7-12/h2-5,10-12H,6-9H2,1H3,(H3,19,21,22,23,27). The Hall–Kier alpha value is -2.78. The molecule has 1 fully saturated rings. The summed E-state index contributed by atoms with van der Waals surface area (Å²) >= 11 is 5.21. The molecule has 0 saturated carbocycles. The molecule has 0 amide bonds. The highest BCUT2D eigenvalue weighted by atomic mass is 32.1. The normalized spacial score (nSPS) is 15.2. The molecule has 0 aromatic carbocycles. The Bertz CT molecular complexity index is 790. The van der Waals surface area contributed by atoms with E-state index in [2.05, 4.69) is 20.3 Å². The van der Waals surface area contributed by atoms with Gasteiger partial charge in [0, 0.05) is 12.8 Å². The van der Waals surface area contributed by atoms with Crippen molar-refractivity contribution >= 4 is 29.0 Å². The second-order valence-corrected chi connectivity index (χ2v) is 6.21. The monoisotopic (exact) mass is 387 g/mol. The van der Waals surface area contributed by atoms with Crippen molar-refractivity contribution in [3.8, 4) is 11.5 Å². The number of hydrogen-bond donors (Lipinski definition) is 2. The summed E-state index contributed by atoms with van der Waals surface area (Å²) in [6.45, 7) is 1.46. The van der Waals surface area contributed by atoms with E-state index in [4.69, 9.17) is 32.2 Å². The van der Waals surface area contributed by atoms with Crippen molar-refractivity contribution in [3.05, 3.63) is 42.4 Å². The largest absolute Gasteiger partial charge is 0.495 e. The lowest BCUT2D eigenvalue weighted by Gasteiger charge is -2.23. The molecule has 1 aliphatic heterocycles. The molecule has 0 unspecified atom stereocenters. The number of amidine groups is 1. The molecule has 0 spiro atoms. The smallest absolute Gasteiger partial charge is 0.200 e. The molecule has 3 heterocycles. The molecule has 9 heteroatoms. The Morgan fingerprint density at radius 3 is 2.56 bits per heavy atom. The first kappa shape index (κ1) is 19.0. The minimum atomic E-state index is 0.168. The Kier molecular flexibility index (Phi) is 6.50. The maximum absolute atomic E-state index is 5.94. The van der Waals surface area contributed by atoms with E-state index in [0.29, 0.717) is 23.0 Å². The van der Waals surface area contributed by atoms with Gasteiger partial charge in [0.05, 0.1) is 32.7 Å². The average Bonchev–Trinajstić information content (AvgIpc) is 2.70. The Balaban J connectivity index is 1.56. The molecule has 8 nitrogen and oxygen atoms in total. The Labute approximate surface area is 162 Å². The van der Waals surface area contributed by atoms with Crippen molar-refractivity contribution < 1.29 is 14.2 Å². The van der Waals surface area contributed by atoms with Crippen LogP contribution in [0.3, 0.4) is 0 Å². The van der Waals surface area contributed by atoms with E-state index in [1.165, 1.54) is 0 Å². The van der Waals surface area contributed by atoms with Crippen molar-refractivity contribution in [2.24, 2.45) is 10.7 Å². The first-order valence-corrected chi connectivity index (χ1v) is 8.91. The number of nitrogens with zero attached hydrogens (tertiary/aromatic N) is 3. The number of hydrogen-bond acceptors (Lipinski definition) is 6. The first-order valence-electron chi connectivity index (χ1n) is 8.50. The topological polar surface area (TPSA) is 104 Å². The molecule has 1 saturated heterocycles. The van der Waals surface area contributed by atoms with Gasteiger partial charge >= 0.3 is 0 Å². The van der Waals surface area contributed by atoms with Gasteiger partial charge in [-0.3, -0.25) is 0 Å². The summed E-state index contributed by atoms with van der Waals surface area (Å²) in [5, 5.41) is 3.11. The lowest BCUT2D eigenvalue weighted by atomic mass is 10.1. The van der Waals surface area contributed by atoms with Gasteiger partial charge in [-0.2, -0.15) is 0 Å². The SMILES string of the molecule is COc1ccc(/C(N)=N/C(=S)Nc2ccc(OC3CCOCC3)cn2)nc1. The summed E-state index contributed by atoms with van der Waals surface area (Å²) in [6.07, 6.45) is 5.15. The van der Waals surface area contributed by atoms with Crippen molar-refractivity contribution in [1.82, 2.24) is 9.97 Å². The number of aliphatic imine (C=N–C) groups is 1. The Morgan fingerprint density at radius 2 is 1.93 bits per heavy atom. The minimum absolute atomic E-state index is 0.168. The number of ether oxygens (including phenoxy) is 3. The second kappa shape index (κ2) is 9.24. The molecule has 0 bridgehead atoms. The predicted molar refractivity (Wildman–Crippen MR) is 106 cm³/mol. The number of aromatic nitrogens is 2. The molecule has 0 radical (unpaired) electrons. The van der Waals surface area contributed by atoms with Crippen LogP contribution in [0.1, 0.15) is 18.5 Å². The summed E-state index contributed by atoms with van der Waals surface area (Å²) in [5.74, 6) is 2.11. The Morgan fingerprint density at radius 1 is 1.19 bits per heavy atom. The number of nitrogens with two attached hydrogens (primary N) is 1. The number of nitrogens with one attached hydrogen (secondary N) is 1. The minimum Gasteiger partial charge on any atom is -0.495 e. The van der Waals surface area contributed by atoms with Gasteiger partial charge in [0.25, 0.3) is 0 Å². The third-order valence-corrected chi connectivity index (χ3v) is 4.09. The van der Waals surface area contributed by atoms with Crippen molar-refractivity contribution in [1.29, 1.82) is 0 Å². The molecule has 2 aromatic rings. The van der Waals surface area contributed by atoms with Crippen LogP contribution in [-0.4, -0.2) is 47.3 Å². The molecule has 3 rings (SSSR count). The predicted octanol–water partition coefficient (Wildman–Crippen LogP) is 2.15. The second-order valence-electron chi connectivity index (χ2n) is 5.82. The van der Waals surface area contributed by atoms with Crippen molar-refractivity contribution in [3.63, 3.8) is 0 Å². The highest BCUT2D eigenvalue weighted by Crippen LogP contribution is 2.18. The maximum Gasteiger partial charge on any atom is 0.200 e. The fraction of sp³-hybridized carbons (Fsp3) is 0.333. The van der Waals surface area contributed by atoms with Gasteiger partial charge in [-0.25, -0.2) is 15.0 Å². The summed E-state index contributed by atoms with van der Waals surface area (Å²) < 4.78 is 16.3. The number of anilines is 1. The van der Waals surface area contributed by atoms with Gasteiger partial charge in [0.2, 0.25) is 0 Å². The number of rotatable bonds is 5. The number of thiocarbonyl (C=S) groups is 1. The van der Waals surface area contributed by atoms with Crippen LogP contribution >= 0.6 is 12.2 Å². The van der Waals surface area contributed by atoms with E-state index in [1.807, 2.05) is 6.07 Å². The van der Waals surface area contributed by atoms with Gasteiger partial charge in [-0.05, 0) is 36.5 Å². The quantitative estimate of drug-likeness (QED) is 0.457. The fourth-order valence-electron chi connectivity index (χ4n) is 2.47. The van der Waals surface area contributed by atoms with E-state index >= 15 is 0 Å². The van der Waals surface area contributed by atoms with E-state index in [1.54, 1.807) is 37.7 Å². The summed E-state index contributed by atoms with van der Waals surface area (Å²) in [6, 6.07) is 7.07. The molecule has 27 heavy (non-hydrogen) atoms. The lowest BCUT2D eigenvalue weighted by molar-refractivity contribution is 0.0254. The van der Waals surface area contributed by atoms with E-state index < -0.39 is 0 Å². The number of methoxy groups -OCH3 is 1. The maximum atomic E-state index is 5.94. The molecule has 142 valence electrons. The molecule has 0 atom stereocenters. The summed E-state index contributed by atoms with van der Waals surface area (Å²) in [4.78, 5) is 12.6. The van der Waals surface area contributed by atoms with Crippen LogP contribution in [0.2, 0.25) is 0 Å². The zero-order chi connectivity index (χ0) is 19.1. The molecular formula is C18H21N5O3S. The van der Waals surface area contributed by atoms with E-state index in [9.17, 15) is 0 Å². The first-order chi connectivity index (χ1) is 13.1. The molecule has 0 aliphatic carbocycles. The van der Waals surface area contributed by atoms with Crippen LogP contribution < -0.4 is 20.5 Å². The van der Waals surface area contributed by atoms with Crippen LogP contribution in [0.4, 0.5) is 5.82 Å². The third-order valence-electron chi connectivity index (χ3n) is 3.90. The fourth-order valence-corrected chi connectivity index (χ4v) is 2.67. The van der Waals surface area contributed by atoms with Crippen LogP contribution in [0.5, 0.6) is 11.5 Å². The van der Waals surface area contributed by atoms with Crippen LogP contribution in [-0.2, 0) is 4.74 Å². The molecule has 1 aliphatic rings. The van der Waals surface area contributed by atoms with E-state index in [-0.39, 0.29) is 17.1 Å². The van der Waals surface area contributed by atoms with Crippen molar-refractivity contribution in [2.75, 3.05) is 25.6 Å². The zero-order valence-electron chi connectivity index (χ0n) is 14.9. The van der Waals surface area contributed by atoms with Crippen LogP contribution in [0.15, 0.2) is 41.7 Å². The van der Waals surface area contributed by atoms with Crippen LogP contribution in [0, 0.1) is 0 Å². The van der Waals surface area contributed by atoms with Crippen molar-refractivity contribution in [2.45, 2.75) is 18.9 Å². The molecule has 2 aromatic heterocycles. The van der Waals surface area contributed by atoms with Gasteiger partial charge in [-0.15, -0.1) is 0 Å². The zero-order valence-corrected chi connectivity index (χ0v) is 15.7. The highest BCUT2D eigenvalue weighted by molar-refractivity contribution is 7.80. The van der Waals surface area contributed by atoms with Gasteiger partial charge < -0.3 is 25.3 Å². The van der Waals surface area contributed by atoms with Gasteiger partial charge in [-0.1, -0.05) is 0 Å². The van der Waals surface area contributed by atoms with Gasteiger partial charge in [0.1, 0.15) is 29.1 Å².